The molecule has 1 rings (SSSR count). The van der Waals surface area contributed by atoms with E-state index < -0.39 is 11.8 Å². The molecule has 0 bridgehead atoms. The molecule has 0 N–H and O–H groups in total. The summed E-state index contributed by atoms with van der Waals surface area (Å²) in [6.45, 7) is 14.3. The first-order valence-corrected chi connectivity index (χ1v) is 14.1. The number of carbonyl (C=O) groups excluding carboxylic acids is 2. The van der Waals surface area contributed by atoms with E-state index in [2.05, 4.69) is 20.8 Å². The van der Waals surface area contributed by atoms with Gasteiger partial charge in [-0.25, -0.2) is 0 Å². The second-order valence-corrected chi connectivity index (χ2v) is 11.7. The van der Waals surface area contributed by atoms with E-state index >= 15 is 0 Å². The molecule has 8 unspecified atom stereocenters. The number of ether oxygens (including phenoxy) is 2. The maximum Gasteiger partial charge on any atom is 0.310 e. The molecular weight excluding hydrogens is 459 g/mol. The van der Waals surface area contributed by atoms with E-state index in [1.54, 1.807) is 0 Å². The molecule has 0 heterocycles. The summed E-state index contributed by atoms with van der Waals surface area (Å²) in [6.07, 6.45) is 7.39. The average molecular weight is 508 g/mol. The molecule has 1 fully saturated rings. The van der Waals surface area contributed by atoms with E-state index in [1.807, 2.05) is 27.7 Å². The molecule has 4 nitrogen and oxygen atoms in total. The second kappa shape index (κ2) is 15.5. The maximum atomic E-state index is 13.0. The molecule has 0 aromatic heterocycles. The van der Waals surface area contributed by atoms with Gasteiger partial charge in [-0.2, -0.15) is 0 Å². The van der Waals surface area contributed by atoms with Crippen molar-refractivity contribution in [1.29, 1.82) is 0 Å². The first-order chi connectivity index (χ1) is 15.5. The quantitative estimate of drug-likeness (QED) is 0.178. The third-order valence-electron chi connectivity index (χ3n) is 7.44. The Bertz CT molecular complexity index is 582. The number of carbonyl (C=O) groups is 2. The Morgan fingerprint density at radius 3 is 1.85 bits per heavy atom. The van der Waals surface area contributed by atoms with Crippen molar-refractivity contribution in [1.82, 2.24) is 0 Å². The maximum absolute atomic E-state index is 13.0. The van der Waals surface area contributed by atoms with Crippen molar-refractivity contribution in [3.63, 3.8) is 0 Å². The van der Waals surface area contributed by atoms with Gasteiger partial charge in [-0.15, -0.1) is 23.2 Å². The van der Waals surface area contributed by atoms with Crippen LogP contribution in [0.5, 0.6) is 0 Å². The van der Waals surface area contributed by atoms with Crippen LogP contribution >= 0.6 is 23.2 Å². The van der Waals surface area contributed by atoms with Gasteiger partial charge in [-0.05, 0) is 89.4 Å². The van der Waals surface area contributed by atoms with Gasteiger partial charge in [0.25, 0.3) is 0 Å². The molecule has 0 aromatic carbocycles. The largest absolute Gasteiger partial charge is 0.462 e. The molecule has 0 amide bonds. The van der Waals surface area contributed by atoms with Crippen molar-refractivity contribution in [2.45, 2.75) is 129 Å². The Kier molecular flexibility index (Phi) is 14.4. The number of hydrogen-bond donors (Lipinski definition) is 0. The first kappa shape index (κ1) is 30.6. The smallest absolute Gasteiger partial charge is 0.310 e. The van der Waals surface area contributed by atoms with Crippen molar-refractivity contribution in [3.05, 3.63) is 0 Å². The van der Waals surface area contributed by atoms with Gasteiger partial charge in [-0.3, -0.25) is 9.59 Å². The molecule has 1 aliphatic carbocycles. The number of halogens is 2. The molecule has 0 radical (unpaired) electrons. The number of rotatable bonds is 14. The monoisotopic (exact) mass is 506 g/mol. The third-order valence-corrected chi connectivity index (χ3v) is 8.81. The Morgan fingerprint density at radius 1 is 0.788 bits per heavy atom. The fraction of sp³-hybridized carbons (Fsp3) is 0.926. The highest BCUT2D eigenvalue weighted by molar-refractivity contribution is 6.21. The highest BCUT2D eigenvalue weighted by atomic mass is 35.5. The highest BCUT2D eigenvalue weighted by Gasteiger charge is 2.42. The SMILES string of the molecule is CCC(C)OC(=O)C1CCC(CCC(Cl)C(C)CCC(Cl)C(C)C)CC1C(=O)OC(C)CC. The molecule has 33 heavy (non-hydrogen) atoms. The van der Waals surface area contributed by atoms with E-state index in [-0.39, 0.29) is 34.9 Å². The van der Waals surface area contributed by atoms with Crippen LogP contribution in [-0.2, 0) is 19.1 Å². The lowest BCUT2D eigenvalue weighted by atomic mass is 9.72. The van der Waals surface area contributed by atoms with Crippen LogP contribution in [0.25, 0.3) is 0 Å². The summed E-state index contributed by atoms with van der Waals surface area (Å²) in [7, 11) is 0. The molecule has 1 aliphatic rings. The summed E-state index contributed by atoms with van der Waals surface area (Å²) in [5, 5.41) is 0.290. The van der Waals surface area contributed by atoms with Crippen LogP contribution in [0.15, 0.2) is 0 Å². The molecule has 0 aromatic rings. The fourth-order valence-corrected chi connectivity index (χ4v) is 4.79. The summed E-state index contributed by atoms with van der Waals surface area (Å²) in [5.41, 5.74) is 0. The van der Waals surface area contributed by atoms with Crippen LogP contribution in [0.3, 0.4) is 0 Å². The van der Waals surface area contributed by atoms with E-state index in [9.17, 15) is 9.59 Å². The minimum atomic E-state index is -0.427. The number of alkyl halides is 2. The lowest BCUT2D eigenvalue weighted by Gasteiger charge is -2.35. The number of hydrogen-bond acceptors (Lipinski definition) is 4. The standard InChI is InChI=1S/C27H48Cl2O4/c1-8-19(6)32-26(30)22-13-11-21(16-23(22)27(31)33-20(7)9-2)12-15-25(29)18(5)10-14-24(28)17(3)4/h17-25H,8-16H2,1-7H3. The van der Waals surface area contributed by atoms with Crippen molar-refractivity contribution >= 4 is 35.1 Å². The van der Waals surface area contributed by atoms with Crippen LogP contribution in [0.2, 0.25) is 0 Å². The van der Waals surface area contributed by atoms with Gasteiger partial charge < -0.3 is 9.47 Å². The molecule has 0 saturated heterocycles. The zero-order valence-corrected chi connectivity index (χ0v) is 23.5. The highest BCUT2D eigenvalue weighted by Crippen LogP contribution is 2.39. The summed E-state index contributed by atoms with van der Waals surface area (Å²) < 4.78 is 11.3. The lowest BCUT2D eigenvalue weighted by molar-refractivity contribution is -0.169. The summed E-state index contributed by atoms with van der Waals surface area (Å²) in [6, 6.07) is 0. The molecule has 8 atom stereocenters. The summed E-state index contributed by atoms with van der Waals surface area (Å²) >= 11 is 13.2. The van der Waals surface area contributed by atoms with Gasteiger partial charge in [-0.1, -0.05) is 34.6 Å². The normalized spacial score (nSPS) is 25.7. The minimum Gasteiger partial charge on any atom is -0.462 e. The van der Waals surface area contributed by atoms with Crippen LogP contribution in [0.1, 0.15) is 106 Å². The molecule has 0 aliphatic heterocycles. The minimum absolute atomic E-state index is 0.0969. The molecular formula is C27H48Cl2O4. The van der Waals surface area contributed by atoms with E-state index in [0.29, 0.717) is 30.6 Å². The van der Waals surface area contributed by atoms with Gasteiger partial charge in [0.05, 0.1) is 24.0 Å². The fourth-order valence-electron chi connectivity index (χ4n) is 4.42. The van der Waals surface area contributed by atoms with Crippen LogP contribution in [0, 0.1) is 29.6 Å². The lowest BCUT2D eigenvalue weighted by Crippen LogP contribution is -2.39. The zero-order valence-electron chi connectivity index (χ0n) is 21.9. The van der Waals surface area contributed by atoms with Crippen molar-refractivity contribution in [2.75, 3.05) is 0 Å². The van der Waals surface area contributed by atoms with Crippen molar-refractivity contribution in [2.24, 2.45) is 29.6 Å². The Balaban J connectivity index is 2.70. The first-order valence-electron chi connectivity index (χ1n) is 13.2. The van der Waals surface area contributed by atoms with E-state index in [1.165, 1.54) is 0 Å². The van der Waals surface area contributed by atoms with E-state index in [4.69, 9.17) is 32.7 Å². The van der Waals surface area contributed by atoms with Crippen LogP contribution < -0.4 is 0 Å². The summed E-state index contributed by atoms with van der Waals surface area (Å²) in [4.78, 5) is 25.8. The second-order valence-electron chi connectivity index (χ2n) is 10.6. The summed E-state index contributed by atoms with van der Waals surface area (Å²) in [5.74, 6) is -0.0901. The topological polar surface area (TPSA) is 52.6 Å². The number of esters is 2. The van der Waals surface area contributed by atoms with Crippen LogP contribution in [0.4, 0.5) is 0 Å². The van der Waals surface area contributed by atoms with Gasteiger partial charge in [0, 0.05) is 10.8 Å². The molecule has 0 spiro atoms. The molecule has 1 saturated carbocycles. The van der Waals surface area contributed by atoms with Crippen molar-refractivity contribution < 1.29 is 19.1 Å². The van der Waals surface area contributed by atoms with Gasteiger partial charge in [0.2, 0.25) is 0 Å². The van der Waals surface area contributed by atoms with Gasteiger partial charge in [0.15, 0.2) is 0 Å². The predicted molar refractivity (Wildman–Crippen MR) is 138 cm³/mol. The molecule has 194 valence electrons. The van der Waals surface area contributed by atoms with Gasteiger partial charge in [0.1, 0.15) is 0 Å². The third kappa shape index (κ3) is 10.8. The van der Waals surface area contributed by atoms with Crippen LogP contribution in [-0.4, -0.2) is 34.9 Å². The van der Waals surface area contributed by atoms with Gasteiger partial charge >= 0.3 is 11.9 Å². The van der Waals surface area contributed by atoms with E-state index in [0.717, 1.165) is 44.9 Å². The average Bonchev–Trinajstić information content (AvgIpc) is 2.79. The van der Waals surface area contributed by atoms with Crippen molar-refractivity contribution in [3.8, 4) is 0 Å². The Labute approximate surface area is 212 Å². The molecule has 6 heteroatoms. The Morgan fingerprint density at radius 2 is 1.33 bits per heavy atom. The Hall–Kier alpha value is -0.480. The zero-order chi connectivity index (χ0) is 25.1. The predicted octanol–water partition coefficient (Wildman–Crippen LogP) is 7.77.